The lowest BCUT2D eigenvalue weighted by Gasteiger charge is -2.11. The van der Waals surface area contributed by atoms with Gasteiger partial charge in [0.2, 0.25) is 0 Å². The van der Waals surface area contributed by atoms with Crippen molar-refractivity contribution in [2.75, 3.05) is 6.54 Å². The molecule has 1 N–H and O–H groups in total. The number of aromatic nitrogens is 2. The quantitative estimate of drug-likeness (QED) is 0.783. The van der Waals surface area contributed by atoms with E-state index >= 15 is 0 Å². The maximum atomic E-state index is 4.70. The Morgan fingerprint density at radius 1 is 1.25 bits per heavy atom. The average molecular weight is 213 g/mol. The van der Waals surface area contributed by atoms with Crippen molar-refractivity contribution in [1.29, 1.82) is 0 Å². The molecule has 0 radical (unpaired) electrons. The molecule has 3 rings (SSSR count). The van der Waals surface area contributed by atoms with Crippen LogP contribution in [0.4, 0.5) is 0 Å². The normalized spacial score (nSPS) is 14.8. The summed E-state index contributed by atoms with van der Waals surface area (Å²) in [5, 5.41) is 8.09. The van der Waals surface area contributed by atoms with E-state index in [1.54, 1.807) is 0 Å². The number of nitrogens with zero attached hydrogens (tertiary/aromatic N) is 2. The van der Waals surface area contributed by atoms with Gasteiger partial charge < -0.3 is 5.32 Å². The molecule has 2 heterocycles. The highest BCUT2D eigenvalue weighted by molar-refractivity contribution is 5.37. The van der Waals surface area contributed by atoms with Gasteiger partial charge in [-0.15, -0.1) is 0 Å². The molecule has 0 saturated carbocycles. The number of hydrogen-bond donors (Lipinski definition) is 1. The van der Waals surface area contributed by atoms with Crippen LogP contribution in [0.2, 0.25) is 0 Å². The van der Waals surface area contributed by atoms with Crippen LogP contribution in [-0.2, 0) is 13.0 Å². The first kappa shape index (κ1) is 9.60. The summed E-state index contributed by atoms with van der Waals surface area (Å²) in [4.78, 5) is 0. The van der Waals surface area contributed by atoms with Gasteiger partial charge in [0.05, 0.1) is 11.4 Å². The second-order valence-corrected chi connectivity index (χ2v) is 4.18. The zero-order valence-electron chi connectivity index (χ0n) is 9.40. The van der Waals surface area contributed by atoms with Crippen LogP contribution in [-0.4, -0.2) is 16.3 Å². The molecule has 0 fully saturated rings. The van der Waals surface area contributed by atoms with Crippen molar-refractivity contribution in [3.63, 3.8) is 0 Å². The second kappa shape index (κ2) is 3.76. The van der Waals surface area contributed by atoms with E-state index < -0.39 is 0 Å². The molecule has 1 aliphatic rings. The van der Waals surface area contributed by atoms with Gasteiger partial charge in [-0.25, -0.2) is 4.68 Å². The van der Waals surface area contributed by atoms with E-state index in [0.29, 0.717) is 0 Å². The van der Waals surface area contributed by atoms with Crippen molar-refractivity contribution in [1.82, 2.24) is 15.1 Å². The highest BCUT2D eigenvalue weighted by atomic mass is 15.3. The molecule has 0 aliphatic carbocycles. The highest BCUT2D eigenvalue weighted by Gasteiger charge is 2.17. The Morgan fingerprint density at radius 3 is 2.81 bits per heavy atom. The van der Waals surface area contributed by atoms with Crippen molar-refractivity contribution in [2.24, 2.45) is 0 Å². The molecule has 0 atom stereocenters. The van der Waals surface area contributed by atoms with Gasteiger partial charge in [0.25, 0.3) is 0 Å². The zero-order chi connectivity index (χ0) is 11.0. The molecule has 1 aromatic carbocycles. The van der Waals surface area contributed by atoms with E-state index in [1.807, 2.05) is 18.2 Å². The fourth-order valence-electron chi connectivity index (χ4n) is 2.26. The van der Waals surface area contributed by atoms with Crippen LogP contribution in [0.15, 0.2) is 30.3 Å². The van der Waals surface area contributed by atoms with Gasteiger partial charge >= 0.3 is 0 Å². The molecule has 1 aromatic heterocycles. The van der Waals surface area contributed by atoms with Crippen LogP contribution < -0.4 is 5.32 Å². The second-order valence-electron chi connectivity index (χ2n) is 4.18. The molecule has 82 valence electrons. The third-order valence-electron chi connectivity index (χ3n) is 3.16. The molecule has 1 aliphatic heterocycles. The zero-order valence-corrected chi connectivity index (χ0v) is 9.40. The molecule has 3 heteroatoms. The number of hydrogen-bond acceptors (Lipinski definition) is 2. The van der Waals surface area contributed by atoms with E-state index in [2.05, 4.69) is 29.1 Å². The lowest BCUT2D eigenvalue weighted by Crippen LogP contribution is -2.23. The molecule has 3 nitrogen and oxygen atoms in total. The van der Waals surface area contributed by atoms with Crippen molar-refractivity contribution < 1.29 is 0 Å². The summed E-state index contributed by atoms with van der Waals surface area (Å²) >= 11 is 0. The standard InChI is InChI=1S/C13H15N3/c1-10-12-9-14-8-7-13(12)15-16(10)11-5-3-2-4-6-11/h2-6,14H,7-9H2,1H3. The third-order valence-corrected chi connectivity index (χ3v) is 3.16. The summed E-state index contributed by atoms with van der Waals surface area (Å²) in [5.74, 6) is 0. The number of rotatable bonds is 1. The lowest BCUT2D eigenvalue weighted by atomic mass is 10.1. The Balaban J connectivity index is 2.12. The largest absolute Gasteiger partial charge is 0.312 e. The highest BCUT2D eigenvalue weighted by Crippen LogP contribution is 2.20. The maximum absolute atomic E-state index is 4.70. The van der Waals surface area contributed by atoms with Gasteiger partial charge in [-0.1, -0.05) is 18.2 Å². The molecular formula is C13H15N3. The smallest absolute Gasteiger partial charge is 0.0689 e. The van der Waals surface area contributed by atoms with Crippen LogP contribution in [0.25, 0.3) is 5.69 Å². The summed E-state index contributed by atoms with van der Waals surface area (Å²) in [7, 11) is 0. The minimum atomic E-state index is 0.952. The first-order valence-corrected chi connectivity index (χ1v) is 5.70. The topological polar surface area (TPSA) is 29.9 Å². The number of para-hydroxylation sites is 1. The molecule has 0 bridgehead atoms. The molecule has 0 amide bonds. The van der Waals surface area contributed by atoms with Gasteiger partial charge in [-0.05, 0) is 19.1 Å². The van der Waals surface area contributed by atoms with E-state index in [-0.39, 0.29) is 0 Å². The number of fused-ring (bicyclic) bond motifs is 1. The summed E-state index contributed by atoms with van der Waals surface area (Å²) in [5.41, 5.74) is 5.03. The van der Waals surface area contributed by atoms with Crippen LogP contribution >= 0.6 is 0 Å². The van der Waals surface area contributed by atoms with Crippen molar-refractivity contribution in [3.8, 4) is 5.69 Å². The van der Waals surface area contributed by atoms with Crippen molar-refractivity contribution in [2.45, 2.75) is 19.9 Å². The van der Waals surface area contributed by atoms with Gasteiger partial charge in [-0.2, -0.15) is 5.10 Å². The van der Waals surface area contributed by atoms with Crippen LogP contribution in [0, 0.1) is 6.92 Å². The molecule has 16 heavy (non-hydrogen) atoms. The first-order chi connectivity index (χ1) is 7.86. The van der Waals surface area contributed by atoms with E-state index in [1.165, 1.54) is 17.0 Å². The Bertz CT molecular complexity index is 499. The van der Waals surface area contributed by atoms with Gasteiger partial charge in [0, 0.05) is 30.8 Å². The SMILES string of the molecule is Cc1c2c(nn1-c1ccccc1)CCNC2. The number of nitrogens with one attached hydrogen (secondary N) is 1. The molecule has 2 aromatic rings. The van der Waals surface area contributed by atoms with E-state index in [4.69, 9.17) is 5.10 Å². The summed E-state index contributed by atoms with van der Waals surface area (Å²) in [6.07, 6.45) is 1.04. The molecule has 0 saturated heterocycles. The van der Waals surface area contributed by atoms with E-state index in [9.17, 15) is 0 Å². The van der Waals surface area contributed by atoms with E-state index in [0.717, 1.165) is 25.2 Å². The first-order valence-electron chi connectivity index (χ1n) is 5.70. The average Bonchev–Trinajstić information content (AvgIpc) is 2.69. The van der Waals surface area contributed by atoms with Crippen molar-refractivity contribution in [3.05, 3.63) is 47.3 Å². The Morgan fingerprint density at radius 2 is 2.06 bits per heavy atom. The minimum Gasteiger partial charge on any atom is -0.312 e. The number of benzene rings is 1. The minimum absolute atomic E-state index is 0.952. The third kappa shape index (κ3) is 1.44. The maximum Gasteiger partial charge on any atom is 0.0689 e. The summed E-state index contributed by atoms with van der Waals surface area (Å²) < 4.78 is 2.05. The van der Waals surface area contributed by atoms with Crippen LogP contribution in [0.3, 0.4) is 0 Å². The Kier molecular flexibility index (Phi) is 2.26. The predicted octanol–water partition coefficient (Wildman–Crippen LogP) is 1.83. The molecule has 0 unspecified atom stereocenters. The lowest BCUT2D eigenvalue weighted by molar-refractivity contribution is 0.634. The van der Waals surface area contributed by atoms with Crippen LogP contribution in [0.1, 0.15) is 17.0 Å². The Hall–Kier alpha value is -1.61. The fraction of sp³-hybridized carbons (Fsp3) is 0.308. The summed E-state index contributed by atoms with van der Waals surface area (Å²) in [6.45, 7) is 4.14. The molecule has 0 spiro atoms. The van der Waals surface area contributed by atoms with Crippen LogP contribution in [0.5, 0.6) is 0 Å². The van der Waals surface area contributed by atoms with Gasteiger partial charge in [0.1, 0.15) is 0 Å². The molecular weight excluding hydrogens is 198 g/mol. The predicted molar refractivity (Wildman–Crippen MR) is 63.7 cm³/mol. The summed E-state index contributed by atoms with van der Waals surface area (Å²) in [6, 6.07) is 10.3. The van der Waals surface area contributed by atoms with Gasteiger partial charge in [-0.3, -0.25) is 0 Å². The fourth-order valence-corrected chi connectivity index (χ4v) is 2.26. The van der Waals surface area contributed by atoms with Crippen molar-refractivity contribution >= 4 is 0 Å². The van der Waals surface area contributed by atoms with Gasteiger partial charge in [0.15, 0.2) is 0 Å². The Labute approximate surface area is 95.1 Å². The monoisotopic (exact) mass is 213 g/mol.